The van der Waals surface area contributed by atoms with Crippen molar-refractivity contribution >= 4 is 21.9 Å². The van der Waals surface area contributed by atoms with E-state index in [4.69, 9.17) is 15.9 Å². The molecule has 8 nitrogen and oxygen atoms in total. The van der Waals surface area contributed by atoms with Gasteiger partial charge >= 0.3 is 5.97 Å². The molecule has 1 aliphatic rings. The Labute approximate surface area is 174 Å². The minimum atomic E-state index is -3.85. The van der Waals surface area contributed by atoms with Gasteiger partial charge in [0.05, 0.1) is 29.7 Å². The van der Waals surface area contributed by atoms with Crippen molar-refractivity contribution in [2.75, 3.05) is 19.8 Å². The van der Waals surface area contributed by atoms with Gasteiger partial charge in [0.15, 0.2) is 6.61 Å². The van der Waals surface area contributed by atoms with Crippen molar-refractivity contribution in [1.82, 2.24) is 10.0 Å². The maximum absolute atomic E-state index is 12.3. The Morgan fingerprint density at radius 2 is 2.00 bits per heavy atom. The van der Waals surface area contributed by atoms with Crippen LogP contribution in [0.2, 0.25) is 0 Å². The second-order valence-electron chi connectivity index (χ2n) is 6.43. The number of amides is 1. The summed E-state index contributed by atoms with van der Waals surface area (Å²) in [6.45, 7) is -0.200. The molecule has 9 heteroatoms. The first-order chi connectivity index (χ1) is 14.4. The molecule has 2 aromatic carbocycles. The minimum absolute atomic E-state index is 0.00259. The molecule has 2 N–H and O–H groups in total. The number of nitrogens with one attached hydrogen (secondary N) is 2. The molecule has 1 unspecified atom stereocenters. The van der Waals surface area contributed by atoms with Crippen LogP contribution in [0.4, 0.5) is 0 Å². The van der Waals surface area contributed by atoms with E-state index in [1.54, 1.807) is 0 Å². The summed E-state index contributed by atoms with van der Waals surface area (Å²) in [5, 5.41) is 2.82. The van der Waals surface area contributed by atoms with Crippen LogP contribution in [0.15, 0.2) is 53.4 Å². The molecule has 1 amide bonds. The van der Waals surface area contributed by atoms with Crippen LogP contribution >= 0.6 is 0 Å². The van der Waals surface area contributed by atoms with Gasteiger partial charge in [-0.05, 0) is 24.3 Å². The Bertz CT molecular complexity index is 1090. The lowest BCUT2D eigenvalue weighted by molar-refractivity contribution is -0.125. The fourth-order valence-corrected chi connectivity index (χ4v) is 3.93. The molecule has 0 saturated heterocycles. The van der Waals surface area contributed by atoms with Crippen molar-refractivity contribution < 1.29 is 27.5 Å². The summed E-state index contributed by atoms with van der Waals surface area (Å²) >= 11 is 0. The van der Waals surface area contributed by atoms with Gasteiger partial charge in [0.25, 0.3) is 5.91 Å². The highest BCUT2D eigenvalue weighted by atomic mass is 32.2. The number of sulfonamides is 1. The first kappa shape index (κ1) is 21.4. The van der Waals surface area contributed by atoms with Gasteiger partial charge in [0.1, 0.15) is 5.75 Å². The van der Waals surface area contributed by atoms with Crippen molar-refractivity contribution in [2.45, 2.75) is 17.4 Å². The summed E-state index contributed by atoms with van der Waals surface area (Å²) < 4.78 is 37.0. The highest BCUT2D eigenvalue weighted by Crippen LogP contribution is 2.31. The maximum atomic E-state index is 12.3. The van der Waals surface area contributed by atoms with E-state index in [2.05, 4.69) is 16.0 Å². The third-order valence-electron chi connectivity index (χ3n) is 4.37. The Kier molecular flexibility index (Phi) is 6.72. The highest BCUT2D eigenvalue weighted by Gasteiger charge is 2.23. The first-order valence-electron chi connectivity index (χ1n) is 9.12. The summed E-state index contributed by atoms with van der Waals surface area (Å²) in [7, 11) is -3.85. The Balaban J connectivity index is 1.59. The number of hydrogen-bond donors (Lipinski definition) is 2. The highest BCUT2D eigenvalue weighted by molar-refractivity contribution is 7.89. The Hall–Kier alpha value is -3.35. The third kappa shape index (κ3) is 5.17. The molecule has 1 atom stereocenters. The smallest absolute Gasteiger partial charge is 0.338 e. The largest absolute Gasteiger partial charge is 0.493 e. The van der Waals surface area contributed by atoms with E-state index in [1.807, 2.05) is 24.3 Å². The van der Waals surface area contributed by atoms with Gasteiger partial charge in [-0.25, -0.2) is 13.2 Å². The van der Waals surface area contributed by atoms with E-state index >= 15 is 0 Å². The zero-order valence-electron chi connectivity index (χ0n) is 16.0. The molecule has 0 saturated carbocycles. The molecule has 0 aliphatic carbocycles. The predicted octanol–water partition coefficient (Wildman–Crippen LogP) is 1.39. The zero-order chi connectivity index (χ0) is 21.6. The lowest BCUT2D eigenvalue weighted by Gasteiger charge is -2.26. The summed E-state index contributed by atoms with van der Waals surface area (Å²) in [6.07, 6.45) is 5.66. The normalized spacial score (nSPS) is 15.2. The van der Waals surface area contributed by atoms with E-state index < -0.39 is 28.5 Å². The van der Waals surface area contributed by atoms with E-state index in [9.17, 15) is 18.0 Å². The van der Waals surface area contributed by atoms with Crippen LogP contribution in [-0.4, -0.2) is 40.1 Å². The third-order valence-corrected chi connectivity index (χ3v) is 5.77. The lowest BCUT2D eigenvalue weighted by atomic mass is 10.0. The SMILES string of the molecule is C#CCNS(=O)(=O)c1cccc(C(=O)OCC(=O)NC2CCOc3ccccc32)c1. The monoisotopic (exact) mass is 428 g/mol. The Morgan fingerprint density at radius 3 is 2.80 bits per heavy atom. The zero-order valence-corrected chi connectivity index (χ0v) is 16.8. The summed E-state index contributed by atoms with van der Waals surface area (Å²) in [6, 6.07) is 12.4. The van der Waals surface area contributed by atoms with Gasteiger partial charge < -0.3 is 14.8 Å². The van der Waals surface area contributed by atoms with Crippen molar-refractivity contribution in [1.29, 1.82) is 0 Å². The first-order valence-corrected chi connectivity index (χ1v) is 10.6. The van der Waals surface area contributed by atoms with Crippen LogP contribution < -0.4 is 14.8 Å². The van der Waals surface area contributed by atoms with Crippen molar-refractivity contribution in [3.8, 4) is 18.1 Å². The second-order valence-corrected chi connectivity index (χ2v) is 8.19. The van der Waals surface area contributed by atoms with Crippen molar-refractivity contribution in [3.63, 3.8) is 0 Å². The van der Waals surface area contributed by atoms with Gasteiger partial charge in [-0.15, -0.1) is 6.42 Å². The standard InChI is InChI=1S/C21H20N2O6S/c1-2-11-22-30(26,27)16-7-5-6-15(13-16)21(25)29-14-20(24)23-18-10-12-28-19-9-4-3-8-17(18)19/h1,3-9,13,18,22H,10-12,14H2,(H,23,24). The number of rotatable bonds is 7. The average Bonchev–Trinajstić information content (AvgIpc) is 2.76. The summed E-state index contributed by atoms with van der Waals surface area (Å²) in [5.41, 5.74) is 0.864. The Morgan fingerprint density at radius 1 is 1.20 bits per heavy atom. The lowest BCUT2D eigenvalue weighted by Crippen LogP contribution is -2.35. The molecule has 30 heavy (non-hydrogen) atoms. The number of para-hydroxylation sites is 1. The van der Waals surface area contributed by atoms with Crippen LogP contribution in [0.25, 0.3) is 0 Å². The summed E-state index contributed by atoms with van der Waals surface area (Å²) in [5.74, 6) is 1.60. The molecule has 2 aromatic rings. The van der Waals surface area contributed by atoms with Crippen molar-refractivity contribution in [3.05, 3.63) is 59.7 Å². The van der Waals surface area contributed by atoms with E-state index in [-0.39, 0.29) is 23.0 Å². The van der Waals surface area contributed by atoms with Gasteiger partial charge in [-0.3, -0.25) is 4.79 Å². The van der Waals surface area contributed by atoms with Crippen LogP contribution in [0.1, 0.15) is 28.4 Å². The van der Waals surface area contributed by atoms with E-state index in [1.165, 1.54) is 18.2 Å². The molecule has 3 rings (SSSR count). The van der Waals surface area contributed by atoms with Crippen LogP contribution in [0.3, 0.4) is 0 Å². The number of terminal acetylenes is 1. The second kappa shape index (κ2) is 9.43. The number of carbonyl (C=O) groups is 2. The molecule has 1 heterocycles. The number of hydrogen-bond acceptors (Lipinski definition) is 6. The number of ether oxygens (including phenoxy) is 2. The molecular formula is C21H20N2O6S. The van der Waals surface area contributed by atoms with Gasteiger partial charge in [-0.1, -0.05) is 30.2 Å². The molecule has 156 valence electrons. The minimum Gasteiger partial charge on any atom is -0.493 e. The molecule has 0 bridgehead atoms. The fraction of sp³-hybridized carbons (Fsp3) is 0.238. The van der Waals surface area contributed by atoms with Gasteiger partial charge in [0, 0.05) is 12.0 Å². The van der Waals surface area contributed by atoms with Crippen LogP contribution in [0.5, 0.6) is 5.75 Å². The van der Waals surface area contributed by atoms with E-state index in [0.717, 1.165) is 11.6 Å². The molecule has 0 spiro atoms. The molecule has 0 fully saturated rings. The van der Waals surface area contributed by atoms with Crippen molar-refractivity contribution in [2.24, 2.45) is 0 Å². The average molecular weight is 428 g/mol. The van der Waals surface area contributed by atoms with Crippen LogP contribution in [-0.2, 0) is 19.6 Å². The number of esters is 1. The molecule has 0 radical (unpaired) electrons. The molecule has 1 aliphatic heterocycles. The quantitative estimate of drug-likeness (QED) is 0.509. The van der Waals surface area contributed by atoms with Crippen LogP contribution in [0, 0.1) is 12.3 Å². The maximum Gasteiger partial charge on any atom is 0.338 e. The summed E-state index contributed by atoms with van der Waals surface area (Å²) in [4.78, 5) is 24.4. The number of fused-ring (bicyclic) bond motifs is 1. The molecule has 0 aromatic heterocycles. The topological polar surface area (TPSA) is 111 Å². The molecular weight excluding hydrogens is 408 g/mol. The predicted molar refractivity (Wildman–Crippen MR) is 108 cm³/mol. The number of benzene rings is 2. The fourth-order valence-electron chi connectivity index (χ4n) is 2.95. The van der Waals surface area contributed by atoms with E-state index in [0.29, 0.717) is 18.8 Å². The van der Waals surface area contributed by atoms with Gasteiger partial charge in [0.2, 0.25) is 10.0 Å². The van der Waals surface area contributed by atoms with Gasteiger partial charge in [-0.2, -0.15) is 4.72 Å². The number of carbonyl (C=O) groups excluding carboxylic acids is 2.